The van der Waals surface area contributed by atoms with Crippen molar-refractivity contribution < 1.29 is 9.59 Å². The quantitative estimate of drug-likeness (QED) is 0.630. The zero-order chi connectivity index (χ0) is 19.1. The van der Waals surface area contributed by atoms with Gasteiger partial charge in [0.1, 0.15) is 4.88 Å². The van der Waals surface area contributed by atoms with Crippen LogP contribution in [0.5, 0.6) is 0 Å². The van der Waals surface area contributed by atoms with Gasteiger partial charge >= 0.3 is 6.03 Å². The lowest BCUT2D eigenvalue weighted by atomic mass is 9.97. The summed E-state index contributed by atoms with van der Waals surface area (Å²) < 4.78 is 0. The van der Waals surface area contributed by atoms with Gasteiger partial charge in [0.25, 0.3) is 5.91 Å². The fourth-order valence-corrected chi connectivity index (χ4v) is 3.87. The molecule has 3 amide bonds. The van der Waals surface area contributed by atoms with Crippen LogP contribution in [0.1, 0.15) is 47.5 Å². The number of aromatic nitrogens is 1. The van der Waals surface area contributed by atoms with E-state index >= 15 is 0 Å². The molecule has 142 valence electrons. The second kappa shape index (κ2) is 9.32. The number of hydrogen-bond donors (Lipinski definition) is 3. The molecule has 0 aliphatic heterocycles. The molecule has 1 aromatic heterocycles. The average molecular weight is 385 g/mol. The monoisotopic (exact) mass is 384 g/mol. The van der Waals surface area contributed by atoms with Crippen molar-refractivity contribution in [3.05, 3.63) is 52.6 Å². The molecule has 1 heterocycles. The van der Waals surface area contributed by atoms with Crippen LogP contribution in [0.2, 0.25) is 0 Å². The highest BCUT2D eigenvalue weighted by atomic mass is 32.1. The predicted octanol–water partition coefficient (Wildman–Crippen LogP) is 4.72. The second-order valence-corrected chi connectivity index (χ2v) is 7.49. The number of nitrogens with one attached hydrogen (secondary N) is 3. The van der Waals surface area contributed by atoms with Gasteiger partial charge in [-0.1, -0.05) is 41.2 Å². The largest absolute Gasteiger partial charge is 0.351 e. The minimum atomic E-state index is -0.383. The van der Waals surface area contributed by atoms with Gasteiger partial charge in [0.2, 0.25) is 0 Å². The van der Waals surface area contributed by atoms with Crippen molar-refractivity contribution in [3.8, 4) is 0 Å². The summed E-state index contributed by atoms with van der Waals surface area (Å²) >= 11 is 1.18. The fraction of sp³-hybridized carbons (Fsp3) is 0.350. The van der Waals surface area contributed by atoms with E-state index in [9.17, 15) is 9.59 Å². The fourth-order valence-electron chi connectivity index (χ4n) is 2.99. The molecular weight excluding hydrogens is 360 g/mol. The lowest BCUT2D eigenvalue weighted by Crippen LogP contribution is -2.24. The third kappa shape index (κ3) is 5.65. The van der Waals surface area contributed by atoms with Crippen LogP contribution in [0.4, 0.5) is 15.6 Å². The minimum absolute atomic E-state index is 0.141. The number of rotatable bonds is 6. The summed E-state index contributed by atoms with van der Waals surface area (Å²) in [7, 11) is 0. The number of carbonyl (C=O) groups excluding carboxylic acids is 2. The first-order chi connectivity index (χ1) is 13.1. The molecule has 0 atom stereocenters. The lowest BCUT2D eigenvalue weighted by molar-refractivity contribution is 0.0957. The van der Waals surface area contributed by atoms with E-state index in [1.165, 1.54) is 29.8 Å². The van der Waals surface area contributed by atoms with Crippen molar-refractivity contribution in [2.45, 2.75) is 39.0 Å². The summed E-state index contributed by atoms with van der Waals surface area (Å²) in [5.41, 5.74) is 2.74. The van der Waals surface area contributed by atoms with Crippen molar-refractivity contribution >= 4 is 34.1 Å². The van der Waals surface area contributed by atoms with Gasteiger partial charge in [-0.15, -0.1) is 0 Å². The maximum Gasteiger partial charge on any atom is 0.325 e. The zero-order valence-electron chi connectivity index (χ0n) is 15.4. The molecule has 0 saturated heterocycles. The number of urea groups is 1. The number of nitrogens with zero attached hydrogens (tertiary/aromatic N) is 1. The number of amides is 3. The van der Waals surface area contributed by atoms with Gasteiger partial charge in [0.15, 0.2) is 5.13 Å². The Morgan fingerprint density at radius 3 is 2.70 bits per heavy atom. The Labute approximate surface area is 163 Å². The molecule has 0 saturated carbocycles. The third-order valence-electron chi connectivity index (χ3n) is 4.37. The first-order valence-corrected chi connectivity index (χ1v) is 10.00. The zero-order valence-corrected chi connectivity index (χ0v) is 16.2. The number of aryl methyl sites for hydroxylation is 1. The molecule has 1 aliphatic carbocycles. The van der Waals surface area contributed by atoms with Gasteiger partial charge in [-0.3, -0.25) is 10.1 Å². The number of benzene rings is 1. The van der Waals surface area contributed by atoms with Gasteiger partial charge in [-0.25, -0.2) is 9.78 Å². The molecule has 1 aromatic carbocycles. The average Bonchev–Trinajstić information content (AvgIpc) is 3.03. The number of carbonyl (C=O) groups is 2. The molecule has 1 aliphatic rings. The van der Waals surface area contributed by atoms with Crippen LogP contribution in [0, 0.1) is 6.92 Å². The molecular formula is C20H24N4O2S. The van der Waals surface area contributed by atoms with Gasteiger partial charge in [0.05, 0.1) is 5.69 Å². The summed E-state index contributed by atoms with van der Waals surface area (Å²) in [4.78, 5) is 29.3. The summed E-state index contributed by atoms with van der Waals surface area (Å²) in [6, 6.07) is 8.78. The van der Waals surface area contributed by atoms with Crippen LogP contribution in [-0.2, 0) is 0 Å². The molecule has 0 spiro atoms. The highest BCUT2D eigenvalue weighted by Gasteiger charge is 2.16. The molecule has 2 aromatic rings. The summed E-state index contributed by atoms with van der Waals surface area (Å²) in [5, 5.41) is 8.77. The predicted molar refractivity (Wildman–Crippen MR) is 109 cm³/mol. The SMILES string of the molecule is Cc1nc(NC(=O)Nc2ccccc2)sc1C(=O)NCCC1=CCCCC1. The molecule has 7 heteroatoms. The van der Waals surface area contributed by atoms with Gasteiger partial charge in [-0.05, 0) is 51.2 Å². The van der Waals surface area contributed by atoms with Crippen LogP contribution in [0.15, 0.2) is 42.0 Å². The molecule has 3 N–H and O–H groups in total. The summed E-state index contributed by atoms with van der Waals surface area (Å²) in [6.45, 7) is 2.40. The lowest BCUT2D eigenvalue weighted by Gasteiger charge is -2.12. The van der Waals surface area contributed by atoms with Gasteiger partial charge in [0, 0.05) is 12.2 Å². The Hall–Kier alpha value is -2.67. The Morgan fingerprint density at radius 2 is 1.96 bits per heavy atom. The molecule has 27 heavy (non-hydrogen) atoms. The van der Waals surface area contributed by atoms with Crippen molar-refractivity contribution in [2.75, 3.05) is 17.2 Å². The maximum absolute atomic E-state index is 12.4. The van der Waals surface area contributed by atoms with E-state index in [0.29, 0.717) is 27.9 Å². The van der Waals surface area contributed by atoms with E-state index in [0.717, 1.165) is 19.3 Å². The first-order valence-electron chi connectivity index (χ1n) is 9.18. The Morgan fingerprint density at radius 1 is 1.15 bits per heavy atom. The molecule has 0 radical (unpaired) electrons. The van der Waals surface area contributed by atoms with Crippen molar-refractivity contribution in [1.82, 2.24) is 10.3 Å². The van der Waals surface area contributed by atoms with E-state index in [1.807, 2.05) is 18.2 Å². The Balaban J connectivity index is 1.51. The Kier molecular flexibility index (Phi) is 6.59. The maximum atomic E-state index is 12.4. The van der Waals surface area contributed by atoms with Gasteiger partial charge in [-0.2, -0.15) is 0 Å². The number of hydrogen-bond acceptors (Lipinski definition) is 4. The van der Waals surface area contributed by atoms with Crippen molar-refractivity contribution in [1.29, 1.82) is 0 Å². The minimum Gasteiger partial charge on any atom is -0.351 e. The molecule has 0 bridgehead atoms. The van der Waals surface area contributed by atoms with Crippen LogP contribution in [0.25, 0.3) is 0 Å². The highest BCUT2D eigenvalue weighted by Crippen LogP contribution is 2.23. The van der Waals surface area contributed by atoms with Crippen LogP contribution in [0.3, 0.4) is 0 Å². The number of anilines is 2. The molecule has 3 rings (SSSR count). The van der Waals surface area contributed by atoms with E-state index in [-0.39, 0.29) is 11.9 Å². The highest BCUT2D eigenvalue weighted by molar-refractivity contribution is 7.17. The van der Waals surface area contributed by atoms with Gasteiger partial charge < -0.3 is 10.6 Å². The molecule has 0 fully saturated rings. The number of thiazole rings is 1. The van der Waals surface area contributed by atoms with Crippen LogP contribution >= 0.6 is 11.3 Å². The van der Waals surface area contributed by atoms with E-state index in [4.69, 9.17) is 0 Å². The third-order valence-corrected chi connectivity index (χ3v) is 5.44. The van der Waals surface area contributed by atoms with Crippen molar-refractivity contribution in [2.24, 2.45) is 0 Å². The molecule has 6 nitrogen and oxygen atoms in total. The van der Waals surface area contributed by atoms with Crippen LogP contribution in [-0.4, -0.2) is 23.5 Å². The van der Waals surface area contributed by atoms with Crippen molar-refractivity contribution in [3.63, 3.8) is 0 Å². The standard InChI is InChI=1S/C20H24N4O2S/c1-14-17(18(25)21-13-12-15-8-4-2-5-9-15)27-20(22-14)24-19(26)23-16-10-6-3-7-11-16/h3,6-8,10-11H,2,4-5,9,12-13H2,1H3,(H,21,25)(H2,22,23,24,26). The number of para-hydroxylation sites is 1. The van der Waals surface area contributed by atoms with Crippen LogP contribution < -0.4 is 16.0 Å². The van der Waals surface area contributed by atoms with E-state index < -0.39 is 0 Å². The number of allylic oxidation sites excluding steroid dienone is 1. The topological polar surface area (TPSA) is 83.1 Å². The normalized spacial score (nSPS) is 13.6. The second-order valence-electron chi connectivity index (χ2n) is 6.49. The molecule has 0 unspecified atom stereocenters. The summed E-state index contributed by atoms with van der Waals surface area (Å²) in [6.07, 6.45) is 7.99. The Bertz CT molecular complexity index is 830. The van der Waals surface area contributed by atoms with E-state index in [1.54, 1.807) is 19.1 Å². The first kappa shape index (κ1) is 19.1. The smallest absolute Gasteiger partial charge is 0.325 e. The summed E-state index contributed by atoms with van der Waals surface area (Å²) in [5.74, 6) is -0.141. The van der Waals surface area contributed by atoms with E-state index in [2.05, 4.69) is 27.0 Å².